The molecule has 0 aliphatic carbocycles. The van der Waals surface area contributed by atoms with Crippen LogP contribution < -0.4 is 14.8 Å². The first-order valence-corrected chi connectivity index (χ1v) is 10.00. The van der Waals surface area contributed by atoms with E-state index in [0.29, 0.717) is 43.6 Å². The van der Waals surface area contributed by atoms with Gasteiger partial charge in [0.05, 0.1) is 24.8 Å². The number of carbonyl (C=O) groups is 2. The van der Waals surface area contributed by atoms with Crippen molar-refractivity contribution >= 4 is 27.7 Å². The number of hydrogen-bond acceptors (Lipinski definition) is 5. The molecule has 1 fully saturated rings. The molecule has 1 N–H and O–H groups in total. The molecule has 2 atom stereocenters. The topological polar surface area (TPSA) is 81.0 Å². The number of rotatable bonds is 5. The van der Waals surface area contributed by atoms with Crippen LogP contribution in [0.15, 0.2) is 39.4 Å². The van der Waals surface area contributed by atoms with Gasteiger partial charge in [-0.1, -0.05) is 15.9 Å². The van der Waals surface area contributed by atoms with Gasteiger partial charge in [-0.3, -0.25) is 9.59 Å². The zero-order valence-electron chi connectivity index (χ0n) is 15.4. The molecule has 148 valence electrons. The van der Waals surface area contributed by atoms with Gasteiger partial charge in [0.2, 0.25) is 11.8 Å². The lowest BCUT2D eigenvalue weighted by atomic mass is 10.0. The molecule has 0 spiro atoms. The standard InChI is InChI=1S/C20H21BrN2O5/c1-12(15-8-17-18(9-16(15)21)28-6-5-27-17)22-20(25)13-7-19(24)23(10-13)11-14-3-2-4-26-14/h2-4,8-9,12-13H,5-7,10-11H2,1H3,(H,22,25). The fourth-order valence-corrected chi connectivity index (χ4v) is 4.18. The molecule has 2 aromatic rings. The van der Waals surface area contributed by atoms with Crippen molar-refractivity contribution in [3.63, 3.8) is 0 Å². The van der Waals surface area contributed by atoms with Crippen molar-refractivity contribution in [1.82, 2.24) is 10.2 Å². The second kappa shape index (κ2) is 7.87. The Morgan fingerprint density at radius 2 is 2.07 bits per heavy atom. The average Bonchev–Trinajstić information content (AvgIpc) is 3.31. The minimum Gasteiger partial charge on any atom is -0.486 e. The summed E-state index contributed by atoms with van der Waals surface area (Å²) in [5.74, 6) is 1.53. The van der Waals surface area contributed by atoms with E-state index in [1.807, 2.05) is 25.1 Å². The van der Waals surface area contributed by atoms with E-state index in [1.165, 1.54) is 0 Å². The summed E-state index contributed by atoms with van der Waals surface area (Å²) in [6.07, 6.45) is 1.79. The van der Waals surface area contributed by atoms with Crippen molar-refractivity contribution in [3.05, 3.63) is 46.3 Å². The minimum absolute atomic E-state index is 0.0373. The molecular formula is C20H21BrN2O5. The molecule has 8 heteroatoms. The lowest BCUT2D eigenvalue weighted by Crippen LogP contribution is -2.34. The molecule has 2 aliphatic rings. The summed E-state index contributed by atoms with van der Waals surface area (Å²) in [7, 11) is 0. The largest absolute Gasteiger partial charge is 0.486 e. The summed E-state index contributed by atoms with van der Waals surface area (Å²) < 4.78 is 17.3. The predicted molar refractivity (Wildman–Crippen MR) is 104 cm³/mol. The predicted octanol–water partition coefficient (Wildman–Crippen LogP) is 3.04. The van der Waals surface area contributed by atoms with Crippen LogP contribution in [0, 0.1) is 5.92 Å². The molecule has 2 unspecified atom stereocenters. The lowest BCUT2D eigenvalue weighted by Gasteiger charge is -2.23. The fraction of sp³-hybridized carbons (Fsp3) is 0.400. The van der Waals surface area contributed by atoms with Gasteiger partial charge in [-0.15, -0.1) is 0 Å². The molecule has 2 amide bonds. The van der Waals surface area contributed by atoms with Gasteiger partial charge >= 0.3 is 0 Å². The van der Waals surface area contributed by atoms with Gasteiger partial charge in [-0.2, -0.15) is 0 Å². The summed E-state index contributed by atoms with van der Waals surface area (Å²) in [6, 6.07) is 7.10. The molecule has 1 saturated heterocycles. The van der Waals surface area contributed by atoms with Crippen molar-refractivity contribution in [2.75, 3.05) is 19.8 Å². The molecule has 1 aromatic heterocycles. The summed E-state index contributed by atoms with van der Waals surface area (Å²) in [5.41, 5.74) is 0.898. The Hall–Kier alpha value is -2.48. The van der Waals surface area contributed by atoms with Crippen LogP contribution in [0.3, 0.4) is 0 Å². The summed E-state index contributed by atoms with van der Waals surface area (Å²) in [5, 5.41) is 3.02. The summed E-state index contributed by atoms with van der Waals surface area (Å²) in [6.45, 7) is 3.71. The Morgan fingerprint density at radius 3 is 2.79 bits per heavy atom. The van der Waals surface area contributed by atoms with Gasteiger partial charge in [0, 0.05) is 17.4 Å². The number of nitrogens with zero attached hydrogens (tertiary/aromatic N) is 1. The number of amides is 2. The molecule has 4 rings (SSSR count). The van der Waals surface area contributed by atoms with Crippen LogP contribution in [0.5, 0.6) is 11.5 Å². The van der Waals surface area contributed by atoms with Crippen molar-refractivity contribution in [2.24, 2.45) is 5.92 Å². The van der Waals surface area contributed by atoms with E-state index in [2.05, 4.69) is 21.2 Å². The van der Waals surface area contributed by atoms with Crippen LogP contribution in [0.4, 0.5) is 0 Å². The Bertz CT molecular complexity index is 883. The summed E-state index contributed by atoms with van der Waals surface area (Å²) >= 11 is 3.54. The number of carbonyl (C=O) groups excluding carboxylic acids is 2. The Labute approximate surface area is 171 Å². The highest BCUT2D eigenvalue weighted by atomic mass is 79.9. The second-order valence-corrected chi connectivity index (χ2v) is 7.86. The molecule has 2 aliphatic heterocycles. The van der Waals surface area contributed by atoms with Gasteiger partial charge in [0.25, 0.3) is 0 Å². The van der Waals surface area contributed by atoms with Crippen LogP contribution in [0.1, 0.15) is 30.7 Å². The Morgan fingerprint density at radius 1 is 1.32 bits per heavy atom. The highest BCUT2D eigenvalue weighted by Crippen LogP contribution is 2.38. The van der Waals surface area contributed by atoms with Crippen molar-refractivity contribution in [3.8, 4) is 11.5 Å². The molecule has 1 aromatic carbocycles. The molecule has 0 bridgehead atoms. The third kappa shape index (κ3) is 3.87. The Kier molecular flexibility index (Phi) is 5.30. The van der Waals surface area contributed by atoms with E-state index in [9.17, 15) is 9.59 Å². The van der Waals surface area contributed by atoms with Crippen LogP contribution in [-0.4, -0.2) is 36.5 Å². The summed E-state index contributed by atoms with van der Waals surface area (Å²) in [4.78, 5) is 26.7. The normalized spacial score (nSPS) is 19.6. The lowest BCUT2D eigenvalue weighted by molar-refractivity contribution is -0.129. The van der Waals surface area contributed by atoms with Crippen molar-refractivity contribution in [2.45, 2.75) is 25.9 Å². The number of hydrogen-bond donors (Lipinski definition) is 1. The van der Waals surface area contributed by atoms with Crippen LogP contribution in [0.2, 0.25) is 0 Å². The fourth-order valence-electron chi connectivity index (χ4n) is 3.51. The van der Waals surface area contributed by atoms with E-state index >= 15 is 0 Å². The highest BCUT2D eigenvalue weighted by Gasteiger charge is 2.35. The quantitative estimate of drug-likeness (QED) is 0.759. The van der Waals surface area contributed by atoms with Gasteiger partial charge in [-0.05, 0) is 36.8 Å². The number of likely N-dealkylation sites (tertiary alicyclic amines) is 1. The molecule has 0 saturated carbocycles. The molecule has 0 radical (unpaired) electrons. The van der Waals surface area contributed by atoms with Crippen LogP contribution >= 0.6 is 15.9 Å². The van der Waals surface area contributed by atoms with Crippen molar-refractivity contribution < 1.29 is 23.5 Å². The maximum Gasteiger partial charge on any atom is 0.225 e. The first-order valence-electron chi connectivity index (χ1n) is 9.21. The van der Waals surface area contributed by atoms with Crippen molar-refractivity contribution in [1.29, 1.82) is 0 Å². The van der Waals surface area contributed by atoms with E-state index in [0.717, 1.165) is 10.0 Å². The van der Waals surface area contributed by atoms with E-state index in [-0.39, 0.29) is 30.2 Å². The molecule has 3 heterocycles. The third-order valence-corrected chi connectivity index (χ3v) is 5.69. The van der Waals surface area contributed by atoms with Gasteiger partial charge in [-0.25, -0.2) is 0 Å². The zero-order valence-corrected chi connectivity index (χ0v) is 17.0. The molecule has 7 nitrogen and oxygen atoms in total. The number of benzene rings is 1. The highest BCUT2D eigenvalue weighted by molar-refractivity contribution is 9.10. The average molecular weight is 449 g/mol. The van der Waals surface area contributed by atoms with Gasteiger partial charge < -0.3 is 24.1 Å². The van der Waals surface area contributed by atoms with Crippen LogP contribution in [0.25, 0.3) is 0 Å². The maximum atomic E-state index is 12.7. The SMILES string of the molecule is CC(NC(=O)C1CC(=O)N(Cc2ccco2)C1)c1cc2c(cc1Br)OCCO2. The Balaban J connectivity index is 1.40. The second-order valence-electron chi connectivity index (χ2n) is 7.00. The van der Waals surface area contributed by atoms with E-state index in [4.69, 9.17) is 13.9 Å². The zero-order chi connectivity index (χ0) is 19.7. The number of furan rings is 1. The monoisotopic (exact) mass is 448 g/mol. The number of nitrogens with one attached hydrogen (secondary N) is 1. The maximum absolute atomic E-state index is 12.7. The molecule has 28 heavy (non-hydrogen) atoms. The third-order valence-electron chi connectivity index (χ3n) is 5.00. The van der Waals surface area contributed by atoms with Gasteiger partial charge in [0.15, 0.2) is 11.5 Å². The minimum atomic E-state index is -0.374. The number of halogens is 1. The van der Waals surface area contributed by atoms with E-state index < -0.39 is 0 Å². The number of ether oxygens (including phenoxy) is 2. The first-order chi connectivity index (χ1) is 13.5. The number of fused-ring (bicyclic) bond motifs is 1. The smallest absolute Gasteiger partial charge is 0.225 e. The van der Waals surface area contributed by atoms with Gasteiger partial charge in [0.1, 0.15) is 19.0 Å². The van der Waals surface area contributed by atoms with E-state index in [1.54, 1.807) is 17.2 Å². The van der Waals surface area contributed by atoms with Crippen LogP contribution in [-0.2, 0) is 16.1 Å². The first kappa shape index (κ1) is 18.9. The molecular weight excluding hydrogens is 428 g/mol.